The molecule has 212 valence electrons. The molecule has 2 aliphatic heterocycles. The van der Waals surface area contributed by atoms with Gasteiger partial charge < -0.3 is 24.6 Å². The number of hydrogen-bond acceptors (Lipinski definition) is 7. The van der Waals surface area contributed by atoms with Crippen LogP contribution in [0.1, 0.15) is 32.3 Å². The summed E-state index contributed by atoms with van der Waals surface area (Å²) in [7, 11) is -3.86. The predicted octanol–water partition coefficient (Wildman–Crippen LogP) is 3.18. The maximum absolute atomic E-state index is 13.5. The van der Waals surface area contributed by atoms with Crippen molar-refractivity contribution in [1.29, 1.82) is 0 Å². The van der Waals surface area contributed by atoms with Gasteiger partial charge in [-0.2, -0.15) is 4.31 Å². The molecule has 2 saturated heterocycles. The van der Waals surface area contributed by atoms with Gasteiger partial charge in [0.2, 0.25) is 10.0 Å². The van der Waals surface area contributed by atoms with Crippen LogP contribution in [0.4, 0.5) is 4.79 Å². The topological polar surface area (TPSA) is 114 Å². The first-order valence-electron chi connectivity index (χ1n) is 13.7. The average Bonchev–Trinajstić information content (AvgIpc) is 3.47. The van der Waals surface area contributed by atoms with E-state index in [9.17, 15) is 18.3 Å². The second-order valence-corrected chi connectivity index (χ2v) is 13.2. The smallest absolute Gasteiger partial charge is 0.407 e. The molecule has 0 spiro atoms. The lowest BCUT2D eigenvalue weighted by molar-refractivity contribution is -0.147. The molecule has 2 heterocycles. The Bertz CT molecular complexity index is 1210. The maximum Gasteiger partial charge on any atom is 0.407 e. The fourth-order valence-corrected chi connectivity index (χ4v) is 7.56. The molecule has 9 nitrogen and oxygen atoms in total. The van der Waals surface area contributed by atoms with Crippen LogP contribution in [0, 0.1) is 17.8 Å². The third kappa shape index (κ3) is 6.47. The molecule has 1 amide bonds. The molecule has 3 aliphatic rings. The lowest BCUT2D eigenvalue weighted by Gasteiger charge is -2.33. The number of benzene rings is 2. The molecular weight excluding hydrogens is 520 g/mol. The molecule has 2 bridgehead atoms. The summed E-state index contributed by atoms with van der Waals surface area (Å²) in [5.74, 6) is 0.705. The number of ether oxygens (including phenoxy) is 3. The summed E-state index contributed by atoms with van der Waals surface area (Å²) in [5.41, 5.74) is 0.900. The predicted molar refractivity (Wildman–Crippen MR) is 144 cm³/mol. The molecule has 2 aromatic rings. The van der Waals surface area contributed by atoms with Crippen molar-refractivity contribution < 1.29 is 32.5 Å². The average molecular weight is 559 g/mol. The minimum atomic E-state index is -3.86. The molecule has 1 saturated carbocycles. The lowest BCUT2D eigenvalue weighted by atomic mass is 9.80. The van der Waals surface area contributed by atoms with E-state index in [2.05, 4.69) is 5.32 Å². The van der Waals surface area contributed by atoms with Crippen molar-refractivity contribution in [2.45, 2.75) is 68.6 Å². The van der Waals surface area contributed by atoms with Crippen LogP contribution in [0.25, 0.3) is 0 Å². The number of sulfonamides is 1. The molecule has 2 N–H and O–H groups in total. The van der Waals surface area contributed by atoms with E-state index in [1.807, 2.05) is 44.2 Å². The summed E-state index contributed by atoms with van der Waals surface area (Å²) in [6, 6.07) is 16.9. The standard InChI is InChI=1S/C29H38N2O7S/c1-19(2)16-31(39(34,35)22-11-7-4-8-12-22)17-25(32)24(13-20-9-5-3-6-10-20)30-29(33)38-26-14-21-18-36-28-23(21)15-27(26)37-28/h3-12,19,21,23-28,32H,13-18H2,1-2H3,(H,30,33)/t21-,23-,24-,25+,26-,27?,28-/m0/s1. The molecule has 1 aliphatic carbocycles. The van der Waals surface area contributed by atoms with Gasteiger partial charge in [-0.1, -0.05) is 62.4 Å². The van der Waals surface area contributed by atoms with E-state index >= 15 is 0 Å². The van der Waals surface area contributed by atoms with Gasteiger partial charge in [-0.05, 0) is 48.8 Å². The van der Waals surface area contributed by atoms with Crippen LogP contribution in [-0.2, 0) is 30.7 Å². The van der Waals surface area contributed by atoms with Crippen LogP contribution in [0.5, 0.6) is 0 Å². The Kier molecular flexibility index (Phi) is 8.58. The third-order valence-corrected chi connectivity index (χ3v) is 9.70. The molecule has 7 atom stereocenters. The number of fused-ring (bicyclic) bond motifs is 1. The zero-order valence-electron chi connectivity index (χ0n) is 22.4. The van der Waals surface area contributed by atoms with E-state index in [1.165, 1.54) is 4.31 Å². The summed E-state index contributed by atoms with van der Waals surface area (Å²) in [6.07, 6.45) is -0.813. The molecule has 2 aromatic carbocycles. The summed E-state index contributed by atoms with van der Waals surface area (Å²) < 4.78 is 45.7. The Labute approximate surface area is 230 Å². The molecular formula is C29H38N2O7S. The van der Waals surface area contributed by atoms with Crippen LogP contribution >= 0.6 is 0 Å². The first-order chi connectivity index (χ1) is 18.7. The Morgan fingerprint density at radius 2 is 1.77 bits per heavy atom. The number of carbonyl (C=O) groups excluding carboxylic acids is 1. The minimum absolute atomic E-state index is 0.0297. The maximum atomic E-state index is 13.5. The molecule has 3 fully saturated rings. The molecule has 1 unspecified atom stereocenters. The van der Waals surface area contributed by atoms with Gasteiger partial charge in [0, 0.05) is 19.0 Å². The number of alkyl carbamates (subject to hydrolysis) is 1. The number of aliphatic hydroxyl groups is 1. The van der Waals surface area contributed by atoms with Gasteiger partial charge in [0.25, 0.3) is 0 Å². The van der Waals surface area contributed by atoms with Gasteiger partial charge in [0.1, 0.15) is 6.10 Å². The molecule has 10 heteroatoms. The number of nitrogens with zero attached hydrogens (tertiary/aromatic N) is 1. The van der Waals surface area contributed by atoms with E-state index in [4.69, 9.17) is 14.2 Å². The SMILES string of the molecule is CC(C)CN(C[C@@H](O)[C@H](Cc1ccccc1)NC(=O)O[C@H]1C[C@H]2CO[C@H]3OC1C[C@@H]23)S(=O)(=O)c1ccccc1. The van der Waals surface area contributed by atoms with Crippen LogP contribution in [0.2, 0.25) is 0 Å². The van der Waals surface area contributed by atoms with Crippen LogP contribution in [0.15, 0.2) is 65.6 Å². The third-order valence-electron chi connectivity index (χ3n) is 7.86. The van der Waals surface area contributed by atoms with E-state index < -0.39 is 28.3 Å². The zero-order chi connectivity index (χ0) is 27.6. The number of amides is 1. The summed E-state index contributed by atoms with van der Waals surface area (Å²) >= 11 is 0. The summed E-state index contributed by atoms with van der Waals surface area (Å²) in [6.45, 7) is 4.51. The van der Waals surface area contributed by atoms with Gasteiger partial charge in [-0.3, -0.25) is 0 Å². The van der Waals surface area contributed by atoms with Crippen molar-refractivity contribution in [3.63, 3.8) is 0 Å². The largest absolute Gasteiger partial charge is 0.443 e. The molecule has 5 rings (SSSR count). The van der Waals surface area contributed by atoms with Crippen molar-refractivity contribution >= 4 is 16.1 Å². The van der Waals surface area contributed by atoms with Crippen LogP contribution in [-0.4, -0.2) is 74.3 Å². The fourth-order valence-electron chi connectivity index (χ4n) is 5.91. The van der Waals surface area contributed by atoms with Gasteiger partial charge in [0.15, 0.2) is 6.29 Å². The minimum Gasteiger partial charge on any atom is -0.443 e. The number of nitrogens with one attached hydrogen (secondary N) is 1. The highest BCUT2D eigenvalue weighted by molar-refractivity contribution is 7.89. The lowest BCUT2D eigenvalue weighted by Crippen LogP contribution is -2.52. The van der Waals surface area contributed by atoms with Crippen LogP contribution in [0.3, 0.4) is 0 Å². The van der Waals surface area contributed by atoms with Crippen molar-refractivity contribution in [2.75, 3.05) is 19.7 Å². The monoisotopic (exact) mass is 558 g/mol. The molecule has 0 aromatic heterocycles. The van der Waals surface area contributed by atoms with E-state index in [0.29, 0.717) is 31.3 Å². The second kappa shape index (κ2) is 11.9. The Hall–Kier alpha value is -2.50. The van der Waals surface area contributed by atoms with Crippen molar-refractivity contribution in [3.8, 4) is 0 Å². The van der Waals surface area contributed by atoms with Crippen molar-refractivity contribution in [2.24, 2.45) is 17.8 Å². The Balaban J connectivity index is 1.30. The summed E-state index contributed by atoms with van der Waals surface area (Å²) in [4.78, 5) is 13.3. The summed E-state index contributed by atoms with van der Waals surface area (Å²) in [5, 5.41) is 14.2. The normalized spacial score (nSPS) is 27.5. The van der Waals surface area contributed by atoms with E-state index in [0.717, 1.165) is 12.0 Å². The van der Waals surface area contributed by atoms with Crippen molar-refractivity contribution in [3.05, 3.63) is 66.2 Å². The fraction of sp³-hybridized carbons (Fsp3) is 0.552. The molecule has 39 heavy (non-hydrogen) atoms. The van der Waals surface area contributed by atoms with Crippen molar-refractivity contribution in [1.82, 2.24) is 9.62 Å². The Morgan fingerprint density at radius 3 is 2.46 bits per heavy atom. The number of rotatable bonds is 11. The highest BCUT2D eigenvalue weighted by Crippen LogP contribution is 2.47. The second-order valence-electron chi connectivity index (χ2n) is 11.3. The quantitative estimate of drug-likeness (QED) is 0.435. The zero-order valence-corrected chi connectivity index (χ0v) is 23.2. The molecule has 0 radical (unpaired) electrons. The first-order valence-corrected chi connectivity index (χ1v) is 15.2. The number of hydrogen-bond donors (Lipinski definition) is 2. The number of aliphatic hydroxyl groups excluding tert-OH is 1. The van der Waals surface area contributed by atoms with E-state index in [-0.39, 0.29) is 42.4 Å². The van der Waals surface area contributed by atoms with Gasteiger partial charge in [-0.15, -0.1) is 0 Å². The highest BCUT2D eigenvalue weighted by atomic mass is 32.2. The number of carbonyl (C=O) groups is 1. The highest BCUT2D eigenvalue weighted by Gasteiger charge is 2.54. The van der Waals surface area contributed by atoms with Gasteiger partial charge >= 0.3 is 6.09 Å². The van der Waals surface area contributed by atoms with E-state index in [1.54, 1.807) is 30.3 Å². The first kappa shape index (κ1) is 28.0. The van der Waals surface area contributed by atoms with Crippen LogP contribution < -0.4 is 5.32 Å². The van der Waals surface area contributed by atoms with Gasteiger partial charge in [-0.25, -0.2) is 13.2 Å². The Morgan fingerprint density at radius 1 is 1.08 bits per heavy atom. The van der Waals surface area contributed by atoms with Gasteiger partial charge in [0.05, 0.1) is 29.8 Å².